The van der Waals surface area contributed by atoms with Crippen LogP contribution in [0.25, 0.3) is 0 Å². The van der Waals surface area contributed by atoms with Crippen molar-refractivity contribution in [1.82, 2.24) is 10.6 Å². The van der Waals surface area contributed by atoms with Crippen LogP contribution in [0.3, 0.4) is 0 Å². The number of carbonyl (C=O) groups is 1. The molecular formula is C16H30N2O2. The number of rotatable bonds is 5. The summed E-state index contributed by atoms with van der Waals surface area (Å²) < 4.78 is 5.37. The van der Waals surface area contributed by atoms with Crippen molar-refractivity contribution in [2.24, 2.45) is 5.92 Å². The van der Waals surface area contributed by atoms with Crippen molar-refractivity contribution in [3.63, 3.8) is 0 Å². The molecule has 0 aromatic carbocycles. The van der Waals surface area contributed by atoms with E-state index in [1.54, 1.807) is 0 Å². The number of nitrogens with one attached hydrogen (secondary N) is 2. The average molecular weight is 282 g/mol. The zero-order valence-corrected chi connectivity index (χ0v) is 13.3. The van der Waals surface area contributed by atoms with Gasteiger partial charge in [-0.25, -0.2) is 4.79 Å². The summed E-state index contributed by atoms with van der Waals surface area (Å²) in [6.07, 6.45) is 8.52. The van der Waals surface area contributed by atoms with Gasteiger partial charge in [-0.15, -0.1) is 0 Å². The Morgan fingerprint density at radius 2 is 1.85 bits per heavy atom. The van der Waals surface area contributed by atoms with Crippen molar-refractivity contribution in [2.75, 3.05) is 13.1 Å². The third-order valence-corrected chi connectivity index (χ3v) is 4.45. The predicted octanol–water partition coefficient (Wildman–Crippen LogP) is 3.21. The summed E-state index contributed by atoms with van der Waals surface area (Å²) in [4.78, 5) is 11.9. The van der Waals surface area contributed by atoms with Gasteiger partial charge in [0.05, 0.1) is 5.54 Å². The van der Waals surface area contributed by atoms with Crippen LogP contribution in [-0.4, -0.2) is 30.3 Å². The fourth-order valence-electron chi connectivity index (χ4n) is 3.20. The molecule has 0 spiro atoms. The highest BCUT2D eigenvalue weighted by Crippen LogP contribution is 2.32. The van der Waals surface area contributed by atoms with Gasteiger partial charge in [-0.3, -0.25) is 0 Å². The van der Waals surface area contributed by atoms with E-state index in [4.69, 9.17) is 4.74 Å². The Hall–Kier alpha value is -0.770. The summed E-state index contributed by atoms with van der Waals surface area (Å²) in [5.41, 5.74) is -0.493. The lowest BCUT2D eigenvalue weighted by Gasteiger charge is -2.43. The van der Waals surface area contributed by atoms with Crippen LogP contribution in [0, 0.1) is 5.92 Å². The molecule has 2 N–H and O–H groups in total. The van der Waals surface area contributed by atoms with E-state index in [1.165, 1.54) is 32.1 Å². The van der Waals surface area contributed by atoms with Crippen LogP contribution < -0.4 is 10.6 Å². The molecule has 0 bridgehead atoms. The molecule has 4 heteroatoms. The highest BCUT2D eigenvalue weighted by molar-refractivity contribution is 5.69. The minimum atomic E-state index is -0.424. The van der Waals surface area contributed by atoms with Gasteiger partial charge in [-0.05, 0) is 65.3 Å². The minimum Gasteiger partial charge on any atom is -0.444 e. The van der Waals surface area contributed by atoms with Crippen LogP contribution in [0.4, 0.5) is 4.79 Å². The normalized spacial score (nSPS) is 22.4. The Morgan fingerprint density at radius 1 is 1.20 bits per heavy atom. The van der Waals surface area contributed by atoms with Crippen molar-refractivity contribution in [3.05, 3.63) is 0 Å². The molecule has 0 heterocycles. The van der Waals surface area contributed by atoms with Gasteiger partial charge in [0.2, 0.25) is 0 Å². The van der Waals surface area contributed by atoms with E-state index < -0.39 is 5.60 Å². The van der Waals surface area contributed by atoms with Crippen LogP contribution >= 0.6 is 0 Å². The molecule has 116 valence electrons. The number of carbonyl (C=O) groups excluding carboxylic acids is 1. The SMILES string of the molecule is CC(C)(C)OC(=O)NC1(CNCC2CCCC2)CCC1. The number of hydrogen-bond acceptors (Lipinski definition) is 3. The summed E-state index contributed by atoms with van der Waals surface area (Å²) in [6, 6.07) is 0. The second-order valence-electron chi connectivity index (χ2n) is 7.54. The van der Waals surface area contributed by atoms with Crippen LogP contribution in [0.5, 0.6) is 0 Å². The quantitative estimate of drug-likeness (QED) is 0.814. The molecule has 2 saturated carbocycles. The summed E-state index contributed by atoms with van der Waals surface area (Å²) in [6.45, 7) is 7.68. The highest BCUT2D eigenvalue weighted by Gasteiger charge is 2.39. The van der Waals surface area contributed by atoms with Crippen molar-refractivity contribution in [1.29, 1.82) is 0 Å². The van der Waals surface area contributed by atoms with Crippen LogP contribution in [-0.2, 0) is 4.74 Å². The molecular weight excluding hydrogens is 252 g/mol. The van der Waals surface area contributed by atoms with Crippen LogP contribution in [0.2, 0.25) is 0 Å². The van der Waals surface area contributed by atoms with E-state index in [9.17, 15) is 4.79 Å². The lowest BCUT2D eigenvalue weighted by Crippen LogP contribution is -2.60. The predicted molar refractivity (Wildman–Crippen MR) is 80.8 cm³/mol. The maximum atomic E-state index is 11.9. The van der Waals surface area contributed by atoms with E-state index in [0.29, 0.717) is 0 Å². The zero-order valence-electron chi connectivity index (χ0n) is 13.3. The highest BCUT2D eigenvalue weighted by atomic mass is 16.6. The number of amides is 1. The largest absolute Gasteiger partial charge is 0.444 e. The maximum Gasteiger partial charge on any atom is 0.408 e. The smallest absolute Gasteiger partial charge is 0.408 e. The van der Waals surface area contributed by atoms with Gasteiger partial charge < -0.3 is 15.4 Å². The third kappa shape index (κ3) is 4.65. The van der Waals surface area contributed by atoms with E-state index in [1.807, 2.05) is 20.8 Å². The Kier molecular flexibility index (Phi) is 4.95. The summed E-state index contributed by atoms with van der Waals surface area (Å²) in [5.74, 6) is 0.841. The summed E-state index contributed by atoms with van der Waals surface area (Å²) in [7, 11) is 0. The first kappa shape index (κ1) is 15.6. The number of alkyl carbamates (subject to hydrolysis) is 1. The minimum absolute atomic E-state index is 0.0685. The molecule has 0 aromatic heterocycles. The first-order valence-corrected chi connectivity index (χ1v) is 8.10. The van der Waals surface area contributed by atoms with Crippen LogP contribution in [0.1, 0.15) is 65.7 Å². The molecule has 4 nitrogen and oxygen atoms in total. The number of hydrogen-bond donors (Lipinski definition) is 2. The molecule has 2 aliphatic carbocycles. The van der Waals surface area contributed by atoms with Gasteiger partial charge in [0.1, 0.15) is 5.60 Å². The van der Waals surface area contributed by atoms with Crippen molar-refractivity contribution in [2.45, 2.75) is 76.9 Å². The molecule has 20 heavy (non-hydrogen) atoms. The monoisotopic (exact) mass is 282 g/mol. The fourth-order valence-corrected chi connectivity index (χ4v) is 3.20. The second-order valence-corrected chi connectivity index (χ2v) is 7.54. The third-order valence-electron chi connectivity index (χ3n) is 4.45. The van der Waals surface area contributed by atoms with Gasteiger partial charge in [0.15, 0.2) is 0 Å². The first-order valence-electron chi connectivity index (χ1n) is 8.10. The van der Waals surface area contributed by atoms with E-state index in [0.717, 1.165) is 31.8 Å². The first-order chi connectivity index (χ1) is 9.39. The van der Waals surface area contributed by atoms with Gasteiger partial charge in [0.25, 0.3) is 0 Å². The molecule has 0 unspecified atom stereocenters. The fraction of sp³-hybridized carbons (Fsp3) is 0.938. The van der Waals surface area contributed by atoms with E-state index in [2.05, 4.69) is 10.6 Å². The Morgan fingerprint density at radius 3 is 2.35 bits per heavy atom. The maximum absolute atomic E-state index is 11.9. The molecule has 0 atom stereocenters. The molecule has 1 amide bonds. The Bertz CT molecular complexity index is 326. The molecule has 2 rings (SSSR count). The van der Waals surface area contributed by atoms with Gasteiger partial charge in [-0.2, -0.15) is 0 Å². The van der Waals surface area contributed by atoms with E-state index in [-0.39, 0.29) is 11.6 Å². The Balaban J connectivity index is 1.72. The molecule has 0 radical (unpaired) electrons. The van der Waals surface area contributed by atoms with E-state index >= 15 is 0 Å². The molecule has 2 fully saturated rings. The zero-order chi connectivity index (χ0) is 14.6. The molecule has 2 aliphatic rings. The molecule has 0 aliphatic heterocycles. The van der Waals surface area contributed by atoms with Crippen LogP contribution in [0.15, 0.2) is 0 Å². The number of ether oxygens (including phenoxy) is 1. The lowest BCUT2D eigenvalue weighted by molar-refractivity contribution is 0.0381. The topological polar surface area (TPSA) is 50.4 Å². The standard InChI is InChI=1S/C16H30N2O2/c1-15(2,3)20-14(19)18-16(9-6-10-16)12-17-11-13-7-4-5-8-13/h13,17H,4-12H2,1-3H3,(H,18,19). The molecule has 0 aromatic rings. The van der Waals surface area contributed by atoms with Gasteiger partial charge in [0, 0.05) is 6.54 Å². The van der Waals surface area contributed by atoms with Crippen molar-refractivity contribution in [3.8, 4) is 0 Å². The van der Waals surface area contributed by atoms with Crippen molar-refractivity contribution < 1.29 is 9.53 Å². The lowest BCUT2D eigenvalue weighted by atomic mass is 9.76. The van der Waals surface area contributed by atoms with Crippen molar-refractivity contribution >= 4 is 6.09 Å². The second kappa shape index (κ2) is 6.33. The summed E-state index contributed by atoms with van der Waals surface area (Å²) in [5, 5.41) is 6.66. The Labute approximate surface area is 123 Å². The summed E-state index contributed by atoms with van der Waals surface area (Å²) >= 11 is 0. The van der Waals surface area contributed by atoms with Gasteiger partial charge >= 0.3 is 6.09 Å². The average Bonchev–Trinajstić information content (AvgIpc) is 2.75. The molecule has 0 saturated heterocycles. The van der Waals surface area contributed by atoms with Gasteiger partial charge in [-0.1, -0.05) is 12.8 Å².